The molecule has 2 aliphatic carbocycles. The van der Waals surface area contributed by atoms with Gasteiger partial charge in [-0.3, -0.25) is 0 Å². The SMILES string of the molecule is COc1ccc2c(c1O)[C@@]13CCN(C)[C@@H](C2)[C@H]1Cc1nc(-c2ccc4ccccc4n2)[nH]c1C3. The first-order valence-electron chi connectivity index (χ1n) is 12.1. The van der Waals surface area contributed by atoms with Gasteiger partial charge < -0.3 is 19.7 Å². The van der Waals surface area contributed by atoms with E-state index in [1.54, 1.807) is 7.11 Å². The molecule has 0 amide bonds. The molecule has 2 aromatic carbocycles. The number of nitrogens with zero attached hydrogens (tertiary/aromatic N) is 3. The summed E-state index contributed by atoms with van der Waals surface area (Å²) in [5.41, 5.74) is 6.43. The van der Waals surface area contributed by atoms with E-state index in [-0.39, 0.29) is 5.41 Å². The Labute approximate surface area is 198 Å². The fourth-order valence-electron chi connectivity index (χ4n) is 6.98. The number of aromatic amines is 1. The van der Waals surface area contributed by atoms with Crippen molar-refractivity contribution in [2.75, 3.05) is 20.7 Å². The molecule has 3 heterocycles. The molecule has 0 spiro atoms. The van der Waals surface area contributed by atoms with E-state index >= 15 is 0 Å². The highest BCUT2D eigenvalue weighted by molar-refractivity contribution is 5.80. The molecule has 0 radical (unpaired) electrons. The van der Waals surface area contributed by atoms with Crippen LogP contribution in [-0.2, 0) is 24.7 Å². The Morgan fingerprint density at radius 2 is 1.97 bits per heavy atom. The second-order valence-electron chi connectivity index (χ2n) is 10.2. The second kappa shape index (κ2) is 7.06. The highest BCUT2D eigenvalue weighted by atomic mass is 16.5. The number of imidazole rings is 1. The predicted molar refractivity (Wildman–Crippen MR) is 131 cm³/mol. The highest BCUT2D eigenvalue weighted by Gasteiger charge is 2.56. The lowest BCUT2D eigenvalue weighted by atomic mass is 9.52. The number of para-hydroxylation sites is 1. The monoisotopic (exact) mass is 452 g/mol. The van der Waals surface area contributed by atoms with Gasteiger partial charge in [0.05, 0.1) is 18.3 Å². The van der Waals surface area contributed by atoms with Gasteiger partial charge >= 0.3 is 0 Å². The zero-order valence-corrected chi connectivity index (χ0v) is 19.5. The third-order valence-electron chi connectivity index (χ3n) is 8.64. The second-order valence-corrected chi connectivity index (χ2v) is 10.2. The standard InChI is InChI=1S/C28H28N4O2/c1-32-12-11-28-15-22-21(30-27(31-22)20-9-7-16-5-3-4-6-19(16)29-20)14-18(28)23(32)13-17-8-10-24(34-2)26(33)25(17)28/h3-10,18,23,33H,11-15H2,1-2H3,(H,30,31)/t18-,23+,28-/m1/s1. The van der Waals surface area contributed by atoms with Crippen LogP contribution in [0.1, 0.15) is 28.9 Å². The summed E-state index contributed by atoms with van der Waals surface area (Å²) in [6, 6.07) is 16.9. The molecule has 3 atom stereocenters. The molecule has 1 saturated heterocycles. The van der Waals surface area contributed by atoms with Crippen LogP contribution in [0.4, 0.5) is 0 Å². The van der Waals surface area contributed by atoms with Gasteiger partial charge in [-0.2, -0.15) is 0 Å². The first-order chi connectivity index (χ1) is 16.6. The van der Waals surface area contributed by atoms with E-state index in [0.29, 0.717) is 23.5 Å². The van der Waals surface area contributed by atoms with E-state index in [2.05, 4.69) is 41.2 Å². The van der Waals surface area contributed by atoms with Gasteiger partial charge in [-0.05, 0) is 69.0 Å². The number of methoxy groups -OCH3 is 1. The molecule has 4 aromatic rings. The van der Waals surface area contributed by atoms with Gasteiger partial charge in [0.2, 0.25) is 0 Å². The minimum atomic E-state index is -0.114. The average Bonchev–Trinajstić information content (AvgIpc) is 3.27. The van der Waals surface area contributed by atoms with Crippen molar-refractivity contribution in [2.24, 2.45) is 5.92 Å². The fraction of sp³-hybridized carbons (Fsp3) is 0.357. The van der Waals surface area contributed by atoms with E-state index in [1.165, 1.54) is 11.3 Å². The Bertz CT molecular complexity index is 1440. The number of nitrogens with one attached hydrogen (secondary N) is 1. The van der Waals surface area contributed by atoms with Crippen molar-refractivity contribution in [2.45, 2.75) is 37.1 Å². The van der Waals surface area contributed by atoms with Crippen molar-refractivity contribution < 1.29 is 9.84 Å². The minimum absolute atomic E-state index is 0.114. The maximum Gasteiger partial charge on any atom is 0.161 e. The highest BCUT2D eigenvalue weighted by Crippen LogP contribution is 2.57. The number of rotatable bonds is 2. The Kier molecular flexibility index (Phi) is 4.16. The number of aromatic nitrogens is 3. The summed E-state index contributed by atoms with van der Waals surface area (Å²) < 4.78 is 5.52. The number of phenolic OH excluding ortho intramolecular Hbond substituents is 1. The Hall–Kier alpha value is -3.38. The first-order valence-corrected chi connectivity index (χ1v) is 12.1. The zero-order valence-electron chi connectivity index (χ0n) is 19.5. The third-order valence-corrected chi connectivity index (χ3v) is 8.64. The van der Waals surface area contributed by atoms with E-state index < -0.39 is 0 Å². The number of H-pyrrole nitrogens is 1. The minimum Gasteiger partial charge on any atom is -0.504 e. The first kappa shape index (κ1) is 20.0. The van der Waals surface area contributed by atoms with Crippen LogP contribution in [0.25, 0.3) is 22.4 Å². The number of hydrogen-bond acceptors (Lipinski definition) is 5. The van der Waals surface area contributed by atoms with Gasteiger partial charge in [0, 0.05) is 28.1 Å². The Balaban J connectivity index is 1.36. The lowest BCUT2D eigenvalue weighted by Crippen LogP contribution is -2.61. The quantitative estimate of drug-likeness (QED) is 0.476. The summed E-state index contributed by atoms with van der Waals surface area (Å²) in [7, 11) is 3.88. The third kappa shape index (κ3) is 2.66. The zero-order chi connectivity index (χ0) is 23.0. The smallest absolute Gasteiger partial charge is 0.161 e. The van der Waals surface area contributed by atoms with Crippen LogP contribution in [0.15, 0.2) is 48.5 Å². The summed E-state index contributed by atoms with van der Waals surface area (Å²) in [6.45, 7) is 1.03. The molecule has 6 heteroatoms. The molecular formula is C28H28N4O2. The molecule has 0 saturated carbocycles. The van der Waals surface area contributed by atoms with E-state index in [9.17, 15) is 5.11 Å². The summed E-state index contributed by atoms with van der Waals surface area (Å²) in [4.78, 5) is 16.1. The van der Waals surface area contributed by atoms with Gasteiger partial charge in [0.1, 0.15) is 5.69 Å². The summed E-state index contributed by atoms with van der Waals surface area (Å²) in [6.07, 6.45) is 3.73. The molecule has 2 bridgehead atoms. The fourth-order valence-corrected chi connectivity index (χ4v) is 6.98. The van der Waals surface area contributed by atoms with Crippen molar-refractivity contribution in [3.05, 3.63) is 71.0 Å². The van der Waals surface area contributed by atoms with Crippen molar-refractivity contribution >= 4 is 10.9 Å². The van der Waals surface area contributed by atoms with Crippen molar-refractivity contribution in [3.63, 3.8) is 0 Å². The van der Waals surface area contributed by atoms with Gasteiger partial charge in [0.15, 0.2) is 17.3 Å². The molecule has 0 unspecified atom stereocenters. The van der Waals surface area contributed by atoms with Gasteiger partial charge in [-0.25, -0.2) is 9.97 Å². The molecule has 1 aliphatic heterocycles. The number of ether oxygens (including phenoxy) is 1. The van der Waals surface area contributed by atoms with Gasteiger partial charge in [-0.15, -0.1) is 0 Å². The van der Waals surface area contributed by atoms with Crippen molar-refractivity contribution in [1.29, 1.82) is 0 Å². The lowest BCUT2D eigenvalue weighted by molar-refractivity contribution is 0.0215. The number of likely N-dealkylation sites (tertiary alicyclic amines) is 1. The molecular weight excluding hydrogens is 424 g/mol. The van der Waals surface area contributed by atoms with Crippen molar-refractivity contribution in [1.82, 2.24) is 19.9 Å². The number of fused-ring (bicyclic) bond motifs is 3. The predicted octanol–water partition coefficient (Wildman–Crippen LogP) is 4.25. The van der Waals surface area contributed by atoms with Gasteiger partial charge in [0.25, 0.3) is 0 Å². The molecule has 7 rings (SSSR count). The van der Waals surface area contributed by atoms with Crippen LogP contribution in [-0.4, -0.2) is 51.7 Å². The van der Waals surface area contributed by atoms with Crippen LogP contribution in [0.3, 0.4) is 0 Å². The largest absolute Gasteiger partial charge is 0.504 e. The van der Waals surface area contributed by atoms with Crippen LogP contribution >= 0.6 is 0 Å². The maximum absolute atomic E-state index is 11.3. The molecule has 34 heavy (non-hydrogen) atoms. The summed E-state index contributed by atoms with van der Waals surface area (Å²) in [5.74, 6) is 2.14. The van der Waals surface area contributed by atoms with Crippen LogP contribution in [0.2, 0.25) is 0 Å². The summed E-state index contributed by atoms with van der Waals surface area (Å²) >= 11 is 0. The Morgan fingerprint density at radius 3 is 2.85 bits per heavy atom. The average molecular weight is 453 g/mol. The molecule has 2 N–H and O–H groups in total. The number of aromatic hydroxyl groups is 1. The van der Waals surface area contributed by atoms with E-state index in [1.807, 2.05) is 24.3 Å². The number of benzene rings is 2. The lowest BCUT2D eigenvalue weighted by Gasteiger charge is -2.57. The number of hydrogen-bond donors (Lipinski definition) is 2. The maximum atomic E-state index is 11.3. The van der Waals surface area contributed by atoms with E-state index in [4.69, 9.17) is 14.7 Å². The van der Waals surface area contributed by atoms with Gasteiger partial charge in [-0.1, -0.05) is 30.3 Å². The summed E-state index contributed by atoms with van der Waals surface area (Å²) in [5, 5.41) is 12.4. The molecule has 6 nitrogen and oxygen atoms in total. The van der Waals surface area contributed by atoms with Crippen LogP contribution < -0.4 is 4.74 Å². The van der Waals surface area contributed by atoms with Crippen molar-refractivity contribution in [3.8, 4) is 23.0 Å². The molecule has 3 aliphatic rings. The number of phenols is 1. The van der Waals surface area contributed by atoms with Crippen LogP contribution in [0.5, 0.6) is 11.5 Å². The molecule has 172 valence electrons. The van der Waals surface area contributed by atoms with Crippen LogP contribution in [0, 0.1) is 5.92 Å². The van der Waals surface area contributed by atoms with E-state index in [0.717, 1.165) is 65.9 Å². The topological polar surface area (TPSA) is 74.3 Å². The molecule has 2 aromatic heterocycles. The number of likely N-dealkylation sites (N-methyl/N-ethyl adjacent to an activating group) is 1. The Morgan fingerprint density at radius 1 is 1.09 bits per heavy atom. The molecule has 1 fully saturated rings. The normalized spacial score (nSPS) is 25.5. The number of pyridine rings is 1. The number of piperidine rings is 1.